The zero-order valence-corrected chi connectivity index (χ0v) is 19.2. The van der Waals surface area contributed by atoms with Crippen LogP contribution in [0, 0.1) is 0 Å². The molecule has 13 heteroatoms. The number of carbonyl (C=O) groups is 1. The van der Waals surface area contributed by atoms with Gasteiger partial charge in [0.1, 0.15) is 20.7 Å². The second kappa shape index (κ2) is 9.40. The largest absolute Gasteiger partial charge is 0.495 e. The summed E-state index contributed by atoms with van der Waals surface area (Å²) in [7, 11) is -2.38. The third-order valence-electron chi connectivity index (χ3n) is 3.63. The fourth-order valence-electron chi connectivity index (χ4n) is 2.27. The molecule has 2 heterocycles. The molecule has 0 aliphatic rings. The number of nitrogens with two attached hydrogens (primary N) is 1. The first-order valence-corrected chi connectivity index (χ1v) is 12.1. The first-order chi connectivity index (χ1) is 14.2. The monoisotopic (exact) mass is 504 g/mol. The highest BCUT2D eigenvalue weighted by atomic mass is 35.5. The summed E-state index contributed by atoms with van der Waals surface area (Å²) in [5, 5.41) is 3.21. The van der Waals surface area contributed by atoms with Gasteiger partial charge in [0.15, 0.2) is 5.16 Å². The second-order valence-electron chi connectivity index (χ2n) is 5.65. The molecule has 8 nitrogen and oxygen atoms in total. The average molecular weight is 505 g/mol. The maximum absolute atomic E-state index is 12.6. The van der Waals surface area contributed by atoms with Gasteiger partial charge in [0.2, 0.25) is 15.7 Å². The van der Waals surface area contributed by atoms with Gasteiger partial charge in [-0.25, -0.2) is 18.4 Å². The van der Waals surface area contributed by atoms with Gasteiger partial charge < -0.3 is 15.8 Å². The van der Waals surface area contributed by atoms with Crippen LogP contribution >= 0.6 is 46.3 Å². The van der Waals surface area contributed by atoms with E-state index in [1.54, 1.807) is 18.2 Å². The van der Waals surface area contributed by atoms with E-state index in [-0.39, 0.29) is 31.7 Å². The molecule has 3 aromatic rings. The van der Waals surface area contributed by atoms with Crippen molar-refractivity contribution >= 4 is 73.6 Å². The number of benzene rings is 1. The molecule has 0 bridgehead atoms. The van der Waals surface area contributed by atoms with Crippen LogP contribution in [0.4, 0.5) is 11.5 Å². The Balaban J connectivity index is 1.66. The summed E-state index contributed by atoms with van der Waals surface area (Å²) in [6.45, 7) is 0. The number of hydrogen-bond acceptors (Lipinski definition) is 9. The fraction of sp³-hybridized carbons (Fsp3) is 0.118. The Morgan fingerprint density at radius 1 is 1.30 bits per heavy atom. The topological polar surface area (TPSA) is 124 Å². The molecule has 158 valence electrons. The number of anilines is 2. The van der Waals surface area contributed by atoms with E-state index in [9.17, 15) is 13.2 Å². The highest BCUT2D eigenvalue weighted by molar-refractivity contribution is 7.99. The van der Waals surface area contributed by atoms with Gasteiger partial charge in [0.05, 0.1) is 28.4 Å². The van der Waals surface area contributed by atoms with Gasteiger partial charge in [-0.1, -0.05) is 35.0 Å². The Labute approximate surface area is 190 Å². The molecule has 2 aromatic heterocycles. The van der Waals surface area contributed by atoms with Crippen molar-refractivity contribution in [2.45, 2.75) is 14.3 Å². The normalized spacial score (nSPS) is 11.3. The van der Waals surface area contributed by atoms with Crippen molar-refractivity contribution in [1.82, 2.24) is 9.97 Å². The highest BCUT2D eigenvalue weighted by Gasteiger charge is 2.24. The molecule has 3 rings (SSSR count). The number of thiophene rings is 1. The minimum absolute atomic E-state index is 0.0181. The lowest BCUT2D eigenvalue weighted by Gasteiger charge is -2.08. The van der Waals surface area contributed by atoms with Crippen molar-refractivity contribution in [3.8, 4) is 5.75 Å². The molecule has 0 saturated heterocycles. The number of ether oxygens (including phenoxy) is 1. The molecular formula is C17H14Cl2N4O4S3. The Hall–Kier alpha value is -2.05. The molecule has 1 amide bonds. The maximum Gasteiger partial charge on any atom is 0.234 e. The van der Waals surface area contributed by atoms with Gasteiger partial charge >= 0.3 is 0 Å². The summed E-state index contributed by atoms with van der Waals surface area (Å²) in [6.07, 6.45) is 1.12. The van der Waals surface area contributed by atoms with Gasteiger partial charge in [0, 0.05) is 5.69 Å². The zero-order chi connectivity index (χ0) is 21.9. The quantitative estimate of drug-likeness (QED) is 0.365. The Kier molecular flexibility index (Phi) is 7.09. The SMILES string of the molecule is COc1ccc(NC(=O)CSc2ncc(S(=O)(=O)c3ccc(Cl)s3)c(N)n2)cc1Cl. The molecule has 0 unspecified atom stereocenters. The Morgan fingerprint density at radius 3 is 2.67 bits per heavy atom. The van der Waals surface area contributed by atoms with Gasteiger partial charge in [-0.05, 0) is 30.3 Å². The van der Waals surface area contributed by atoms with E-state index in [0.29, 0.717) is 20.8 Å². The third kappa shape index (κ3) is 5.16. The first kappa shape index (κ1) is 22.6. The summed E-state index contributed by atoms with van der Waals surface area (Å²) in [4.78, 5) is 19.9. The van der Waals surface area contributed by atoms with E-state index in [1.807, 2.05) is 0 Å². The lowest BCUT2D eigenvalue weighted by Crippen LogP contribution is -2.14. The number of sulfone groups is 1. The summed E-state index contributed by atoms with van der Waals surface area (Å²) in [6, 6.07) is 7.72. The number of aromatic nitrogens is 2. The van der Waals surface area contributed by atoms with E-state index in [4.69, 9.17) is 33.7 Å². The molecule has 0 spiro atoms. The van der Waals surface area contributed by atoms with Crippen LogP contribution in [0.1, 0.15) is 0 Å². The molecule has 0 radical (unpaired) electrons. The van der Waals surface area contributed by atoms with Gasteiger partial charge in [-0.2, -0.15) is 0 Å². The molecular weight excluding hydrogens is 491 g/mol. The number of hydrogen-bond donors (Lipinski definition) is 2. The minimum Gasteiger partial charge on any atom is -0.495 e. The van der Waals surface area contributed by atoms with E-state index >= 15 is 0 Å². The van der Waals surface area contributed by atoms with E-state index in [0.717, 1.165) is 29.3 Å². The Bertz CT molecular complexity index is 1200. The number of rotatable bonds is 7. The van der Waals surface area contributed by atoms with Crippen LogP contribution in [-0.4, -0.2) is 37.2 Å². The van der Waals surface area contributed by atoms with Gasteiger partial charge in [0.25, 0.3) is 0 Å². The minimum atomic E-state index is -3.87. The first-order valence-electron chi connectivity index (χ1n) is 8.10. The number of nitrogens with one attached hydrogen (secondary N) is 1. The van der Waals surface area contributed by atoms with Crippen LogP contribution in [0.3, 0.4) is 0 Å². The number of carbonyl (C=O) groups excluding carboxylic acids is 1. The van der Waals surface area contributed by atoms with E-state index in [2.05, 4.69) is 15.3 Å². The number of nitrogens with zero attached hydrogens (tertiary/aromatic N) is 2. The maximum atomic E-state index is 12.6. The van der Waals surface area contributed by atoms with Crippen LogP contribution in [0.5, 0.6) is 5.75 Å². The summed E-state index contributed by atoms with van der Waals surface area (Å²) >= 11 is 13.8. The summed E-state index contributed by atoms with van der Waals surface area (Å²) < 4.78 is 30.7. The van der Waals surface area contributed by atoms with Crippen molar-refractivity contribution in [2.24, 2.45) is 0 Å². The van der Waals surface area contributed by atoms with Crippen LogP contribution in [0.2, 0.25) is 9.36 Å². The fourth-order valence-corrected chi connectivity index (χ4v) is 6.01. The van der Waals surface area contributed by atoms with Crippen molar-refractivity contribution < 1.29 is 17.9 Å². The average Bonchev–Trinajstić information content (AvgIpc) is 3.14. The number of nitrogen functional groups attached to an aromatic ring is 1. The van der Waals surface area contributed by atoms with Crippen LogP contribution in [0.25, 0.3) is 0 Å². The number of amides is 1. The zero-order valence-electron chi connectivity index (χ0n) is 15.3. The predicted molar refractivity (Wildman–Crippen MR) is 119 cm³/mol. The Morgan fingerprint density at radius 2 is 2.07 bits per heavy atom. The molecule has 30 heavy (non-hydrogen) atoms. The second-order valence-corrected chi connectivity index (χ2v) is 10.9. The van der Waals surface area contributed by atoms with Crippen LogP contribution in [-0.2, 0) is 14.6 Å². The summed E-state index contributed by atoms with van der Waals surface area (Å²) in [5.41, 5.74) is 6.33. The molecule has 0 saturated carbocycles. The van der Waals surface area contributed by atoms with Crippen LogP contribution in [0.15, 0.2) is 50.8 Å². The smallest absolute Gasteiger partial charge is 0.234 e. The number of methoxy groups -OCH3 is 1. The van der Waals surface area contributed by atoms with Gasteiger partial charge in [-0.15, -0.1) is 11.3 Å². The lowest BCUT2D eigenvalue weighted by molar-refractivity contribution is -0.113. The van der Waals surface area contributed by atoms with E-state index < -0.39 is 9.84 Å². The third-order valence-corrected chi connectivity index (χ3v) is 8.28. The number of thioether (sulfide) groups is 1. The van der Waals surface area contributed by atoms with Crippen molar-refractivity contribution in [2.75, 3.05) is 23.9 Å². The molecule has 3 N–H and O–H groups in total. The molecule has 0 aliphatic heterocycles. The van der Waals surface area contributed by atoms with E-state index in [1.165, 1.54) is 19.2 Å². The van der Waals surface area contributed by atoms with Crippen molar-refractivity contribution in [3.05, 3.63) is 45.9 Å². The lowest BCUT2D eigenvalue weighted by atomic mass is 10.3. The predicted octanol–water partition coefficient (Wildman–Crippen LogP) is 4.00. The molecule has 0 fully saturated rings. The van der Waals surface area contributed by atoms with Crippen molar-refractivity contribution in [3.63, 3.8) is 0 Å². The standard InChI is InChI=1S/C17H14Cl2N4O4S3/c1-27-11-3-2-9(6-10(11)18)22-14(24)8-28-17-21-7-12(16(20)23-17)30(25,26)15-5-4-13(19)29-15/h2-7H,8H2,1H3,(H,22,24)(H2,20,21,23). The van der Waals surface area contributed by atoms with Crippen molar-refractivity contribution in [1.29, 1.82) is 0 Å². The molecule has 1 aromatic carbocycles. The summed E-state index contributed by atoms with van der Waals surface area (Å²) in [5.74, 6) is -0.0594. The highest BCUT2D eigenvalue weighted by Crippen LogP contribution is 2.32. The number of halogens is 2. The van der Waals surface area contributed by atoms with Crippen LogP contribution < -0.4 is 15.8 Å². The van der Waals surface area contributed by atoms with Gasteiger partial charge in [-0.3, -0.25) is 4.79 Å². The molecule has 0 aliphatic carbocycles. The molecule has 0 atom stereocenters.